The van der Waals surface area contributed by atoms with Gasteiger partial charge in [-0.05, 0) is 30.7 Å². The molecule has 0 amide bonds. The largest absolute Gasteiger partial charge is 0.326 e. The van der Waals surface area contributed by atoms with Crippen molar-refractivity contribution >= 4 is 21.6 Å². The maximum Gasteiger partial charge on any atom is 0.326 e. The number of hydrogen-bond acceptors (Lipinski definition) is 5. The average molecular weight is 351 g/mol. The molecule has 0 radical (unpaired) electrons. The third-order valence-electron chi connectivity index (χ3n) is 3.35. The molecule has 2 aromatic carbocycles. The van der Waals surface area contributed by atoms with Crippen LogP contribution in [-0.2, 0) is 9.84 Å². The van der Waals surface area contributed by atoms with Gasteiger partial charge in [-0.3, -0.25) is 10.1 Å². The zero-order chi connectivity index (χ0) is 16.9. The Morgan fingerprint density at radius 1 is 1.04 bits per heavy atom. The molecule has 5 nitrogen and oxygen atoms in total. The summed E-state index contributed by atoms with van der Waals surface area (Å²) >= 11 is 1.23. The van der Waals surface area contributed by atoms with Gasteiger partial charge in [0, 0.05) is 9.82 Å². The summed E-state index contributed by atoms with van der Waals surface area (Å²) in [4.78, 5) is 11.6. The van der Waals surface area contributed by atoms with Gasteiger partial charge in [0.1, 0.15) is 0 Å². The second-order valence-corrected chi connectivity index (χ2v) is 8.27. The number of sulfone groups is 1. The summed E-state index contributed by atoms with van der Waals surface area (Å²) in [7, 11) is -4.05. The van der Waals surface area contributed by atoms with Gasteiger partial charge < -0.3 is 0 Å². The Hall–Kier alpha value is -1.86. The minimum Gasteiger partial charge on any atom is -0.263 e. The highest BCUT2D eigenvalue weighted by molar-refractivity contribution is 8.01. The summed E-state index contributed by atoms with van der Waals surface area (Å²) in [6.45, 7) is 1.76. The number of hydrogen-bond donors (Lipinski definition) is 0. The van der Waals surface area contributed by atoms with Crippen LogP contribution < -0.4 is 0 Å². The lowest BCUT2D eigenvalue weighted by atomic mass is 10.3. The van der Waals surface area contributed by atoms with Gasteiger partial charge in [0.2, 0.25) is 9.84 Å². The molecule has 122 valence electrons. The van der Waals surface area contributed by atoms with Crippen molar-refractivity contribution in [3.05, 3.63) is 70.8 Å². The molecule has 0 aromatic heterocycles. The van der Waals surface area contributed by atoms with Gasteiger partial charge >= 0.3 is 5.37 Å². The molecule has 0 aliphatic heterocycles. The summed E-state index contributed by atoms with van der Waals surface area (Å²) in [5.74, 6) is 0. The fourth-order valence-corrected chi connectivity index (χ4v) is 5.50. The smallest absolute Gasteiger partial charge is 0.263 e. The molecule has 0 saturated heterocycles. The van der Waals surface area contributed by atoms with E-state index in [0.717, 1.165) is 4.90 Å². The maximum absolute atomic E-state index is 12.7. The molecule has 23 heavy (non-hydrogen) atoms. The van der Waals surface area contributed by atoms with Crippen LogP contribution in [0.2, 0.25) is 0 Å². The number of thioether (sulfide) groups is 1. The van der Waals surface area contributed by atoms with Crippen molar-refractivity contribution in [2.24, 2.45) is 0 Å². The van der Waals surface area contributed by atoms with Gasteiger partial charge in [-0.15, -0.1) is 11.8 Å². The standard InChI is InChI=1S/C16H17NO4S2/c1-2-15(22-13-9-5-3-6-10-13)16(17(18)19)23(20,21)14-11-7-4-8-12-14/h3-12,15-16H,2H2,1H3/t15-,16+/m0/s1. The predicted molar refractivity (Wildman–Crippen MR) is 90.8 cm³/mol. The molecule has 0 saturated carbocycles. The van der Waals surface area contributed by atoms with Crippen LogP contribution >= 0.6 is 11.8 Å². The summed E-state index contributed by atoms with van der Waals surface area (Å²) in [6, 6.07) is 16.7. The fraction of sp³-hybridized carbons (Fsp3) is 0.250. The second-order valence-electron chi connectivity index (χ2n) is 4.91. The van der Waals surface area contributed by atoms with Gasteiger partial charge in [0.25, 0.3) is 0 Å². The topological polar surface area (TPSA) is 77.3 Å². The van der Waals surface area contributed by atoms with E-state index in [1.165, 1.54) is 23.9 Å². The van der Waals surface area contributed by atoms with E-state index in [9.17, 15) is 18.5 Å². The SMILES string of the molecule is CC[C@H](Sc1ccccc1)[C@H]([N+](=O)[O-])S(=O)(=O)c1ccccc1. The number of benzene rings is 2. The molecule has 0 heterocycles. The summed E-state index contributed by atoms with van der Waals surface area (Å²) in [5, 5.41) is 9.17. The van der Waals surface area contributed by atoms with E-state index in [1.807, 2.05) is 30.3 Å². The minimum absolute atomic E-state index is 0.0196. The zero-order valence-electron chi connectivity index (χ0n) is 12.5. The van der Waals surface area contributed by atoms with Crippen LogP contribution in [-0.4, -0.2) is 24.0 Å². The van der Waals surface area contributed by atoms with Gasteiger partial charge in [0.05, 0.1) is 10.1 Å². The molecule has 7 heteroatoms. The van der Waals surface area contributed by atoms with Crippen molar-refractivity contribution in [3.8, 4) is 0 Å². The first-order valence-corrected chi connectivity index (χ1v) is 9.53. The van der Waals surface area contributed by atoms with Crippen LogP contribution in [0.3, 0.4) is 0 Å². The van der Waals surface area contributed by atoms with Gasteiger partial charge in [0.15, 0.2) is 0 Å². The molecule has 2 rings (SSSR count). The molecule has 0 spiro atoms. The fourth-order valence-electron chi connectivity index (χ4n) is 2.22. The normalized spacial score (nSPS) is 14.1. The number of rotatable bonds is 7. The Balaban J connectivity index is 2.38. The summed E-state index contributed by atoms with van der Waals surface area (Å²) in [6.07, 6.45) is 0.372. The van der Waals surface area contributed by atoms with Crippen molar-refractivity contribution in [3.63, 3.8) is 0 Å². The molecule has 0 aliphatic carbocycles. The molecular weight excluding hydrogens is 334 g/mol. The van der Waals surface area contributed by atoms with Crippen LogP contribution in [0.5, 0.6) is 0 Å². The first-order chi connectivity index (χ1) is 11.0. The third-order valence-corrected chi connectivity index (χ3v) is 7.02. The van der Waals surface area contributed by atoms with Crippen molar-refractivity contribution < 1.29 is 13.3 Å². The van der Waals surface area contributed by atoms with Crippen molar-refractivity contribution in [1.29, 1.82) is 0 Å². The quantitative estimate of drug-likeness (QED) is 0.432. The van der Waals surface area contributed by atoms with E-state index >= 15 is 0 Å². The maximum atomic E-state index is 12.7. The van der Waals surface area contributed by atoms with Crippen LogP contribution in [0.4, 0.5) is 0 Å². The molecule has 2 aromatic rings. The van der Waals surface area contributed by atoms with Crippen molar-refractivity contribution in [2.75, 3.05) is 0 Å². The predicted octanol–water partition coefficient (Wildman–Crippen LogP) is 3.63. The minimum atomic E-state index is -4.05. The zero-order valence-corrected chi connectivity index (χ0v) is 14.2. The second kappa shape index (κ2) is 7.61. The highest BCUT2D eigenvalue weighted by Gasteiger charge is 2.44. The molecular formula is C16H17NO4S2. The monoisotopic (exact) mass is 351 g/mol. The highest BCUT2D eigenvalue weighted by Crippen LogP contribution is 2.32. The Labute approximate surface area is 139 Å². The molecule has 0 N–H and O–H groups in total. The first kappa shape index (κ1) is 17.5. The van der Waals surface area contributed by atoms with E-state index in [1.54, 1.807) is 25.1 Å². The van der Waals surface area contributed by atoms with Crippen molar-refractivity contribution in [2.45, 2.75) is 33.8 Å². The van der Waals surface area contributed by atoms with E-state index in [4.69, 9.17) is 0 Å². The number of nitrogens with zero attached hydrogens (tertiary/aromatic N) is 1. The Kier molecular flexibility index (Phi) is 5.79. The van der Waals surface area contributed by atoms with Crippen LogP contribution in [0.1, 0.15) is 13.3 Å². The summed E-state index contributed by atoms with van der Waals surface area (Å²) in [5.41, 5.74) is 0. The Bertz CT molecular complexity index is 748. The average Bonchev–Trinajstić information content (AvgIpc) is 2.55. The molecule has 0 bridgehead atoms. The Morgan fingerprint density at radius 2 is 1.57 bits per heavy atom. The van der Waals surface area contributed by atoms with Crippen LogP contribution in [0, 0.1) is 10.1 Å². The van der Waals surface area contributed by atoms with Gasteiger partial charge in [-0.1, -0.05) is 43.3 Å². The van der Waals surface area contributed by atoms with Gasteiger partial charge in [-0.25, -0.2) is 8.42 Å². The van der Waals surface area contributed by atoms with E-state index < -0.39 is 25.4 Å². The van der Waals surface area contributed by atoms with Crippen molar-refractivity contribution in [1.82, 2.24) is 0 Å². The van der Waals surface area contributed by atoms with E-state index in [-0.39, 0.29) is 4.90 Å². The Morgan fingerprint density at radius 3 is 2.04 bits per heavy atom. The molecule has 0 fully saturated rings. The van der Waals surface area contributed by atoms with Gasteiger partial charge in [-0.2, -0.15) is 0 Å². The van der Waals surface area contributed by atoms with Crippen LogP contribution in [0.25, 0.3) is 0 Å². The lowest BCUT2D eigenvalue weighted by molar-refractivity contribution is -0.496. The lowest BCUT2D eigenvalue weighted by Gasteiger charge is -2.19. The van der Waals surface area contributed by atoms with E-state index in [2.05, 4.69) is 0 Å². The molecule has 0 unspecified atom stereocenters. The molecule has 2 atom stereocenters. The third kappa shape index (κ3) is 4.11. The highest BCUT2D eigenvalue weighted by atomic mass is 32.2. The van der Waals surface area contributed by atoms with Crippen LogP contribution in [0.15, 0.2) is 70.5 Å². The summed E-state index contributed by atoms with van der Waals surface area (Å²) < 4.78 is 25.4. The number of nitro groups is 1. The molecule has 0 aliphatic rings. The first-order valence-electron chi connectivity index (χ1n) is 7.11. The van der Waals surface area contributed by atoms with E-state index in [0.29, 0.717) is 6.42 Å². The lowest BCUT2D eigenvalue weighted by Crippen LogP contribution is -2.38.